The lowest BCUT2D eigenvalue weighted by molar-refractivity contribution is 0.160. The van der Waals surface area contributed by atoms with Gasteiger partial charge in [0.15, 0.2) is 20.0 Å². The highest BCUT2D eigenvalue weighted by molar-refractivity contribution is 9.10. The van der Waals surface area contributed by atoms with Crippen LogP contribution in [-0.2, 0) is 4.43 Å². The molecule has 9 heteroatoms. The molecule has 0 amide bonds. The van der Waals surface area contributed by atoms with Gasteiger partial charge in [0.25, 0.3) is 0 Å². The van der Waals surface area contributed by atoms with Crippen molar-refractivity contribution in [3.63, 3.8) is 0 Å². The first-order chi connectivity index (χ1) is 13.3. The first-order valence-corrected chi connectivity index (χ1v) is 13.1. The number of nitrogens with zero attached hydrogens (tertiary/aromatic N) is 2. The standard InChI is InChI=1S/C20H27BrF2N2O3Si/c1-13(28-29(5,6)20(2,3)4)9-10-27-18-15(21)12-24-25(19(18)26)14-7-8-16(22)17(23)11-14/h7-8,11-13H,9-10H2,1-6H3/t13-/m1/s1. The normalized spacial score (nSPS) is 13.4. The quantitative estimate of drug-likeness (QED) is 0.486. The second-order valence-electron chi connectivity index (χ2n) is 8.46. The molecule has 29 heavy (non-hydrogen) atoms. The van der Waals surface area contributed by atoms with Crippen LogP contribution in [-0.4, -0.2) is 30.8 Å². The van der Waals surface area contributed by atoms with Gasteiger partial charge in [-0.2, -0.15) is 9.78 Å². The third-order valence-corrected chi connectivity index (χ3v) is 10.3. The highest BCUT2D eigenvalue weighted by atomic mass is 79.9. The molecule has 0 saturated carbocycles. The lowest BCUT2D eigenvalue weighted by Gasteiger charge is -2.38. The Labute approximate surface area is 179 Å². The van der Waals surface area contributed by atoms with Gasteiger partial charge >= 0.3 is 5.56 Å². The van der Waals surface area contributed by atoms with E-state index in [2.05, 4.69) is 54.9 Å². The average molecular weight is 489 g/mol. The third-order valence-electron chi connectivity index (χ3n) is 5.11. The van der Waals surface area contributed by atoms with Crippen LogP contribution >= 0.6 is 15.9 Å². The smallest absolute Gasteiger partial charge is 0.314 e. The topological polar surface area (TPSA) is 53.4 Å². The minimum atomic E-state index is -1.89. The van der Waals surface area contributed by atoms with Crippen molar-refractivity contribution < 1.29 is 17.9 Å². The molecule has 2 aromatic rings. The van der Waals surface area contributed by atoms with Crippen LogP contribution in [0.2, 0.25) is 18.1 Å². The lowest BCUT2D eigenvalue weighted by Crippen LogP contribution is -2.43. The Balaban J connectivity index is 2.12. The number of hydrogen-bond donors (Lipinski definition) is 0. The molecular formula is C20H27BrF2N2O3Si. The van der Waals surface area contributed by atoms with Crippen LogP contribution in [0, 0.1) is 11.6 Å². The van der Waals surface area contributed by atoms with Crippen LogP contribution in [0.1, 0.15) is 34.1 Å². The fourth-order valence-electron chi connectivity index (χ4n) is 2.41. The molecule has 0 fully saturated rings. The molecule has 0 aliphatic carbocycles. The Morgan fingerprint density at radius 3 is 2.48 bits per heavy atom. The Morgan fingerprint density at radius 2 is 1.90 bits per heavy atom. The van der Waals surface area contributed by atoms with Crippen LogP contribution < -0.4 is 10.3 Å². The van der Waals surface area contributed by atoms with E-state index in [-0.39, 0.29) is 29.2 Å². The van der Waals surface area contributed by atoms with Gasteiger partial charge in [0, 0.05) is 18.6 Å². The Kier molecular flexibility index (Phi) is 7.40. The Bertz CT molecular complexity index is 929. The molecule has 0 aliphatic heterocycles. The van der Waals surface area contributed by atoms with Gasteiger partial charge in [-0.05, 0) is 53.1 Å². The molecule has 1 aromatic carbocycles. The molecule has 160 valence electrons. The molecule has 0 spiro atoms. The molecule has 0 aliphatic rings. The van der Waals surface area contributed by atoms with Gasteiger partial charge in [-0.15, -0.1) is 0 Å². The zero-order valence-electron chi connectivity index (χ0n) is 17.6. The van der Waals surface area contributed by atoms with E-state index in [1.165, 1.54) is 12.3 Å². The molecule has 0 N–H and O–H groups in total. The molecule has 1 atom stereocenters. The van der Waals surface area contributed by atoms with E-state index in [9.17, 15) is 13.6 Å². The van der Waals surface area contributed by atoms with Crippen molar-refractivity contribution in [1.29, 1.82) is 0 Å². The maximum absolute atomic E-state index is 13.5. The zero-order valence-corrected chi connectivity index (χ0v) is 20.1. The van der Waals surface area contributed by atoms with Crippen molar-refractivity contribution in [2.75, 3.05) is 6.61 Å². The largest absolute Gasteiger partial charge is 0.487 e. The number of benzene rings is 1. The van der Waals surface area contributed by atoms with Gasteiger partial charge in [0.05, 0.1) is 23.0 Å². The van der Waals surface area contributed by atoms with E-state index >= 15 is 0 Å². The van der Waals surface area contributed by atoms with Crippen LogP contribution in [0.3, 0.4) is 0 Å². The van der Waals surface area contributed by atoms with Gasteiger partial charge in [0.1, 0.15) is 0 Å². The molecular weight excluding hydrogens is 462 g/mol. The SMILES string of the molecule is C[C@H](CCOc1c(Br)cnn(-c2ccc(F)c(F)c2)c1=O)O[Si](C)(C)C(C)(C)C. The highest BCUT2D eigenvalue weighted by Crippen LogP contribution is 2.37. The predicted octanol–water partition coefficient (Wildman–Crippen LogP) is 5.45. The number of halogens is 3. The molecule has 0 saturated heterocycles. The maximum Gasteiger partial charge on any atom is 0.314 e. The van der Waals surface area contributed by atoms with Crippen molar-refractivity contribution in [3.05, 3.63) is 50.9 Å². The van der Waals surface area contributed by atoms with Crippen LogP contribution in [0.4, 0.5) is 8.78 Å². The molecule has 1 aromatic heterocycles. The second-order valence-corrected chi connectivity index (χ2v) is 14.1. The molecule has 0 radical (unpaired) electrons. The molecule has 2 rings (SSSR count). The Hall–Kier alpha value is -1.58. The summed E-state index contributed by atoms with van der Waals surface area (Å²) >= 11 is 3.26. The first-order valence-electron chi connectivity index (χ1n) is 9.37. The van der Waals surface area contributed by atoms with E-state index in [1.54, 1.807) is 0 Å². The zero-order chi connectivity index (χ0) is 22.0. The van der Waals surface area contributed by atoms with Crippen molar-refractivity contribution >= 4 is 24.2 Å². The van der Waals surface area contributed by atoms with E-state index in [4.69, 9.17) is 9.16 Å². The fourth-order valence-corrected chi connectivity index (χ4v) is 4.27. The summed E-state index contributed by atoms with van der Waals surface area (Å²) in [6.45, 7) is 13.2. The summed E-state index contributed by atoms with van der Waals surface area (Å²) in [5.41, 5.74) is -0.454. The first kappa shape index (κ1) is 23.7. The number of hydrogen-bond acceptors (Lipinski definition) is 4. The van der Waals surface area contributed by atoms with Gasteiger partial charge in [-0.3, -0.25) is 4.79 Å². The second kappa shape index (κ2) is 9.05. The van der Waals surface area contributed by atoms with E-state index in [1.807, 2.05) is 6.92 Å². The summed E-state index contributed by atoms with van der Waals surface area (Å²) in [4.78, 5) is 12.7. The van der Waals surface area contributed by atoms with Crippen molar-refractivity contribution in [2.24, 2.45) is 0 Å². The highest BCUT2D eigenvalue weighted by Gasteiger charge is 2.38. The summed E-state index contributed by atoms with van der Waals surface area (Å²) in [6, 6.07) is 3.14. The Morgan fingerprint density at radius 1 is 1.24 bits per heavy atom. The van der Waals surface area contributed by atoms with E-state index < -0.39 is 25.5 Å². The van der Waals surface area contributed by atoms with Crippen LogP contribution in [0.15, 0.2) is 33.7 Å². The lowest BCUT2D eigenvalue weighted by atomic mass is 10.2. The van der Waals surface area contributed by atoms with Gasteiger partial charge in [0.2, 0.25) is 5.75 Å². The summed E-state index contributed by atoms with van der Waals surface area (Å²) in [5, 5.41) is 4.07. The van der Waals surface area contributed by atoms with Crippen LogP contribution in [0.25, 0.3) is 5.69 Å². The minimum Gasteiger partial charge on any atom is -0.487 e. The van der Waals surface area contributed by atoms with Gasteiger partial charge < -0.3 is 9.16 Å². The molecule has 0 bridgehead atoms. The number of ether oxygens (including phenoxy) is 1. The van der Waals surface area contributed by atoms with Crippen molar-refractivity contribution in [1.82, 2.24) is 9.78 Å². The van der Waals surface area contributed by atoms with Crippen LogP contribution in [0.5, 0.6) is 5.75 Å². The van der Waals surface area contributed by atoms with E-state index in [0.717, 1.165) is 16.8 Å². The summed E-state index contributed by atoms with van der Waals surface area (Å²) in [6.07, 6.45) is 1.96. The molecule has 5 nitrogen and oxygen atoms in total. The maximum atomic E-state index is 13.5. The fraction of sp³-hybridized carbons (Fsp3) is 0.500. The van der Waals surface area contributed by atoms with Crippen molar-refractivity contribution in [2.45, 2.75) is 58.4 Å². The summed E-state index contributed by atoms with van der Waals surface area (Å²) in [5.74, 6) is -1.99. The monoisotopic (exact) mass is 488 g/mol. The summed E-state index contributed by atoms with van der Waals surface area (Å²) < 4.78 is 40.0. The molecule has 1 heterocycles. The van der Waals surface area contributed by atoms with Crippen molar-refractivity contribution in [3.8, 4) is 11.4 Å². The summed E-state index contributed by atoms with van der Waals surface area (Å²) in [7, 11) is -1.89. The minimum absolute atomic E-state index is 0.0232. The third kappa shape index (κ3) is 5.73. The van der Waals surface area contributed by atoms with Gasteiger partial charge in [-0.1, -0.05) is 20.8 Å². The predicted molar refractivity (Wildman–Crippen MR) is 115 cm³/mol. The van der Waals surface area contributed by atoms with E-state index in [0.29, 0.717) is 10.9 Å². The average Bonchev–Trinajstić information content (AvgIpc) is 2.59. The number of rotatable bonds is 7. The molecule has 0 unspecified atom stereocenters. The number of aromatic nitrogens is 2. The van der Waals surface area contributed by atoms with Gasteiger partial charge in [-0.25, -0.2) is 8.78 Å².